The van der Waals surface area contributed by atoms with Crippen molar-refractivity contribution in [1.82, 2.24) is 5.32 Å². The lowest BCUT2D eigenvalue weighted by atomic mass is 9.92. The summed E-state index contributed by atoms with van der Waals surface area (Å²) in [5.41, 5.74) is 6.01. The molecule has 0 saturated heterocycles. The Morgan fingerprint density at radius 1 is 1.44 bits per heavy atom. The molecule has 1 aliphatic carbocycles. The first-order valence-electron chi connectivity index (χ1n) is 5.72. The molecule has 1 unspecified atom stereocenters. The van der Waals surface area contributed by atoms with Crippen molar-refractivity contribution in [3.05, 3.63) is 35.9 Å². The quantitative estimate of drug-likeness (QED) is 0.781. The Bertz CT molecular complexity index is 373. The van der Waals surface area contributed by atoms with Gasteiger partial charge in [-0.05, 0) is 31.7 Å². The van der Waals surface area contributed by atoms with Gasteiger partial charge in [0.15, 0.2) is 0 Å². The molecule has 3 heteroatoms. The molecule has 0 aliphatic heterocycles. The standard InChI is InChI=1S/C13H18N2O/c1-13(12(14)16,15-11-7-8-11)9-10-5-3-2-4-6-10/h2-6,11,15H,7-9H2,1H3,(H2,14,16). The second-order valence-corrected chi connectivity index (χ2v) is 4.78. The minimum absolute atomic E-state index is 0.275. The molecule has 0 bridgehead atoms. The van der Waals surface area contributed by atoms with Crippen molar-refractivity contribution in [2.24, 2.45) is 5.73 Å². The fourth-order valence-electron chi connectivity index (χ4n) is 1.89. The van der Waals surface area contributed by atoms with Gasteiger partial charge in [0.05, 0.1) is 5.54 Å². The van der Waals surface area contributed by atoms with E-state index in [9.17, 15) is 4.79 Å². The first-order chi connectivity index (χ1) is 7.60. The zero-order valence-electron chi connectivity index (χ0n) is 9.57. The molecule has 1 aromatic carbocycles. The Labute approximate surface area is 96.0 Å². The van der Waals surface area contributed by atoms with Crippen LogP contribution < -0.4 is 11.1 Å². The molecule has 1 saturated carbocycles. The van der Waals surface area contributed by atoms with Crippen molar-refractivity contribution in [2.75, 3.05) is 0 Å². The second kappa shape index (κ2) is 4.26. The topological polar surface area (TPSA) is 55.1 Å². The molecule has 0 radical (unpaired) electrons. The highest BCUT2D eigenvalue weighted by atomic mass is 16.1. The lowest BCUT2D eigenvalue weighted by molar-refractivity contribution is -0.123. The van der Waals surface area contributed by atoms with Crippen molar-refractivity contribution >= 4 is 5.91 Å². The molecule has 0 aromatic heterocycles. The zero-order chi connectivity index (χ0) is 11.6. The van der Waals surface area contributed by atoms with Crippen molar-refractivity contribution in [3.63, 3.8) is 0 Å². The van der Waals surface area contributed by atoms with Gasteiger partial charge in [-0.25, -0.2) is 0 Å². The number of amides is 1. The molecule has 1 amide bonds. The minimum Gasteiger partial charge on any atom is -0.368 e. The van der Waals surface area contributed by atoms with E-state index in [0.29, 0.717) is 12.5 Å². The first-order valence-corrected chi connectivity index (χ1v) is 5.72. The summed E-state index contributed by atoms with van der Waals surface area (Å²) in [6, 6.07) is 10.5. The normalized spacial score (nSPS) is 19.1. The summed E-state index contributed by atoms with van der Waals surface area (Å²) in [7, 11) is 0. The maximum absolute atomic E-state index is 11.5. The van der Waals surface area contributed by atoms with E-state index in [-0.39, 0.29) is 5.91 Å². The van der Waals surface area contributed by atoms with E-state index in [1.165, 1.54) is 0 Å². The third-order valence-corrected chi connectivity index (χ3v) is 3.04. The van der Waals surface area contributed by atoms with Crippen LogP contribution in [0.5, 0.6) is 0 Å². The molecule has 2 rings (SSSR count). The Kier molecular flexibility index (Phi) is 2.97. The highest BCUT2D eigenvalue weighted by Crippen LogP contribution is 2.24. The molecule has 1 aliphatic rings. The van der Waals surface area contributed by atoms with E-state index < -0.39 is 5.54 Å². The van der Waals surface area contributed by atoms with E-state index in [0.717, 1.165) is 18.4 Å². The monoisotopic (exact) mass is 218 g/mol. The van der Waals surface area contributed by atoms with Crippen LogP contribution in [0.25, 0.3) is 0 Å². The number of carbonyl (C=O) groups excluding carboxylic acids is 1. The predicted molar refractivity (Wildman–Crippen MR) is 63.9 cm³/mol. The summed E-state index contributed by atoms with van der Waals surface area (Å²) in [5.74, 6) is -0.275. The molecule has 1 aromatic rings. The predicted octanol–water partition coefficient (Wildman–Crippen LogP) is 1.23. The fraction of sp³-hybridized carbons (Fsp3) is 0.462. The molecule has 3 nitrogen and oxygen atoms in total. The van der Waals surface area contributed by atoms with Crippen LogP contribution >= 0.6 is 0 Å². The highest BCUT2D eigenvalue weighted by molar-refractivity contribution is 5.84. The number of nitrogens with one attached hydrogen (secondary N) is 1. The Hall–Kier alpha value is -1.35. The maximum atomic E-state index is 11.5. The molecule has 16 heavy (non-hydrogen) atoms. The van der Waals surface area contributed by atoms with E-state index >= 15 is 0 Å². The van der Waals surface area contributed by atoms with E-state index in [4.69, 9.17) is 5.73 Å². The van der Waals surface area contributed by atoms with Crippen LogP contribution in [-0.4, -0.2) is 17.5 Å². The van der Waals surface area contributed by atoms with Gasteiger partial charge >= 0.3 is 0 Å². The molecule has 0 spiro atoms. The molecule has 86 valence electrons. The van der Waals surface area contributed by atoms with Crippen molar-refractivity contribution in [3.8, 4) is 0 Å². The molecule has 1 atom stereocenters. The second-order valence-electron chi connectivity index (χ2n) is 4.78. The fourth-order valence-corrected chi connectivity index (χ4v) is 1.89. The van der Waals surface area contributed by atoms with E-state index in [1.807, 2.05) is 37.3 Å². The minimum atomic E-state index is -0.622. The lowest BCUT2D eigenvalue weighted by Gasteiger charge is -2.27. The van der Waals surface area contributed by atoms with Crippen LogP contribution in [-0.2, 0) is 11.2 Å². The largest absolute Gasteiger partial charge is 0.368 e. The van der Waals surface area contributed by atoms with Gasteiger partial charge in [0.1, 0.15) is 0 Å². The number of primary amides is 1. The van der Waals surface area contributed by atoms with Gasteiger partial charge in [0.25, 0.3) is 0 Å². The number of benzene rings is 1. The Morgan fingerprint density at radius 3 is 2.56 bits per heavy atom. The van der Waals surface area contributed by atoms with Crippen LogP contribution in [0.3, 0.4) is 0 Å². The molecule has 0 heterocycles. The van der Waals surface area contributed by atoms with Gasteiger partial charge in [-0.3, -0.25) is 4.79 Å². The number of hydrogen-bond acceptors (Lipinski definition) is 2. The summed E-state index contributed by atoms with van der Waals surface area (Å²) in [4.78, 5) is 11.5. The third-order valence-electron chi connectivity index (χ3n) is 3.04. The van der Waals surface area contributed by atoms with Gasteiger partial charge in [-0.2, -0.15) is 0 Å². The Balaban J connectivity index is 2.10. The number of rotatable bonds is 5. The summed E-state index contributed by atoms with van der Waals surface area (Å²) in [5, 5.41) is 3.34. The highest BCUT2D eigenvalue weighted by Gasteiger charge is 2.36. The summed E-state index contributed by atoms with van der Waals surface area (Å²) >= 11 is 0. The SMILES string of the molecule is CC(Cc1ccccc1)(NC1CC1)C(N)=O. The van der Waals surface area contributed by atoms with E-state index in [1.54, 1.807) is 0 Å². The zero-order valence-corrected chi connectivity index (χ0v) is 9.57. The lowest BCUT2D eigenvalue weighted by Crippen LogP contribution is -2.55. The summed E-state index contributed by atoms with van der Waals surface area (Å²) in [6.07, 6.45) is 2.95. The van der Waals surface area contributed by atoms with Gasteiger partial charge in [0.2, 0.25) is 5.91 Å². The average Bonchev–Trinajstić information content (AvgIpc) is 3.02. The molecule has 1 fully saturated rings. The smallest absolute Gasteiger partial charge is 0.237 e. The van der Waals surface area contributed by atoms with Gasteiger partial charge in [0, 0.05) is 6.04 Å². The van der Waals surface area contributed by atoms with Gasteiger partial charge in [-0.1, -0.05) is 30.3 Å². The molecule has 3 N–H and O–H groups in total. The summed E-state index contributed by atoms with van der Waals surface area (Å²) in [6.45, 7) is 1.89. The number of nitrogens with two attached hydrogens (primary N) is 1. The van der Waals surface area contributed by atoms with E-state index in [2.05, 4.69) is 5.32 Å². The van der Waals surface area contributed by atoms with Gasteiger partial charge < -0.3 is 11.1 Å². The maximum Gasteiger partial charge on any atom is 0.237 e. The van der Waals surface area contributed by atoms with Gasteiger partial charge in [-0.15, -0.1) is 0 Å². The van der Waals surface area contributed by atoms with Crippen LogP contribution in [0, 0.1) is 0 Å². The number of carbonyl (C=O) groups is 1. The average molecular weight is 218 g/mol. The van der Waals surface area contributed by atoms with Crippen molar-refractivity contribution < 1.29 is 4.79 Å². The van der Waals surface area contributed by atoms with Crippen LogP contribution in [0.15, 0.2) is 30.3 Å². The van der Waals surface area contributed by atoms with Crippen LogP contribution in [0.1, 0.15) is 25.3 Å². The van der Waals surface area contributed by atoms with Crippen molar-refractivity contribution in [2.45, 2.75) is 37.8 Å². The first kappa shape index (κ1) is 11.1. The Morgan fingerprint density at radius 2 is 2.06 bits per heavy atom. The molecular formula is C13H18N2O. The van der Waals surface area contributed by atoms with Crippen LogP contribution in [0.4, 0.5) is 0 Å². The third kappa shape index (κ3) is 2.61. The molecular weight excluding hydrogens is 200 g/mol. The number of hydrogen-bond donors (Lipinski definition) is 2. The van der Waals surface area contributed by atoms with Crippen LogP contribution in [0.2, 0.25) is 0 Å². The summed E-state index contributed by atoms with van der Waals surface area (Å²) < 4.78 is 0. The van der Waals surface area contributed by atoms with Crippen molar-refractivity contribution in [1.29, 1.82) is 0 Å².